The summed E-state index contributed by atoms with van der Waals surface area (Å²) in [7, 11) is 0. The second-order valence-electron chi connectivity index (χ2n) is 6.11. The molecule has 19 heavy (non-hydrogen) atoms. The van der Waals surface area contributed by atoms with E-state index in [0.29, 0.717) is 0 Å². The Labute approximate surface area is 123 Å². The third kappa shape index (κ3) is 2.82. The van der Waals surface area contributed by atoms with E-state index < -0.39 is 0 Å². The molecule has 0 heterocycles. The molecule has 1 aromatic carbocycles. The lowest BCUT2D eigenvalue weighted by Gasteiger charge is -2.29. The standard InChI is InChI=1S/C16H22BrNO/c17-13-6-7-15(19-11-12-4-3-5-12)14(10-13)16(18)8-1-2-9-16/h6-7,10,12H,1-5,8-9,11,18H2. The normalized spacial score (nSPS) is 22.2. The molecule has 0 amide bonds. The summed E-state index contributed by atoms with van der Waals surface area (Å²) >= 11 is 3.56. The van der Waals surface area contributed by atoms with Crippen molar-refractivity contribution in [2.45, 2.75) is 50.5 Å². The van der Waals surface area contributed by atoms with E-state index in [-0.39, 0.29) is 5.54 Å². The van der Waals surface area contributed by atoms with Crippen molar-refractivity contribution < 1.29 is 4.74 Å². The number of benzene rings is 1. The highest BCUT2D eigenvalue weighted by molar-refractivity contribution is 9.10. The van der Waals surface area contributed by atoms with Gasteiger partial charge in [0.1, 0.15) is 5.75 Å². The number of hydrogen-bond acceptors (Lipinski definition) is 2. The maximum atomic E-state index is 6.60. The molecule has 104 valence electrons. The van der Waals surface area contributed by atoms with Gasteiger partial charge in [0.05, 0.1) is 6.61 Å². The van der Waals surface area contributed by atoms with Crippen LogP contribution in [0.25, 0.3) is 0 Å². The van der Waals surface area contributed by atoms with Crippen molar-refractivity contribution in [3.63, 3.8) is 0 Å². The van der Waals surface area contributed by atoms with Crippen LogP contribution in [-0.4, -0.2) is 6.61 Å². The molecular weight excluding hydrogens is 302 g/mol. The van der Waals surface area contributed by atoms with Crippen LogP contribution in [-0.2, 0) is 5.54 Å². The summed E-state index contributed by atoms with van der Waals surface area (Å²) in [5.41, 5.74) is 7.61. The minimum atomic E-state index is -0.182. The highest BCUT2D eigenvalue weighted by Crippen LogP contribution is 2.42. The second-order valence-corrected chi connectivity index (χ2v) is 7.03. The van der Waals surface area contributed by atoms with Crippen molar-refractivity contribution in [3.8, 4) is 5.75 Å². The summed E-state index contributed by atoms with van der Waals surface area (Å²) in [6.07, 6.45) is 8.60. The van der Waals surface area contributed by atoms with Crippen LogP contribution in [0.3, 0.4) is 0 Å². The van der Waals surface area contributed by atoms with Crippen LogP contribution in [0.1, 0.15) is 50.5 Å². The highest BCUT2D eigenvalue weighted by Gasteiger charge is 2.34. The van der Waals surface area contributed by atoms with E-state index in [4.69, 9.17) is 10.5 Å². The summed E-state index contributed by atoms with van der Waals surface area (Å²) in [4.78, 5) is 0. The SMILES string of the molecule is NC1(c2cc(Br)ccc2OCC2CCC2)CCCC1. The zero-order valence-corrected chi connectivity index (χ0v) is 12.9. The van der Waals surface area contributed by atoms with Crippen molar-refractivity contribution in [1.29, 1.82) is 0 Å². The first kappa shape index (κ1) is 13.4. The van der Waals surface area contributed by atoms with Gasteiger partial charge in [0.15, 0.2) is 0 Å². The van der Waals surface area contributed by atoms with Gasteiger partial charge in [-0.15, -0.1) is 0 Å². The zero-order chi connectivity index (χ0) is 13.3. The molecule has 3 rings (SSSR count). The van der Waals surface area contributed by atoms with Crippen LogP contribution in [0.5, 0.6) is 5.75 Å². The molecule has 2 nitrogen and oxygen atoms in total. The first-order valence-electron chi connectivity index (χ1n) is 7.39. The van der Waals surface area contributed by atoms with E-state index in [2.05, 4.69) is 34.1 Å². The summed E-state index contributed by atoms with van der Waals surface area (Å²) in [5.74, 6) is 1.76. The number of halogens is 1. The van der Waals surface area contributed by atoms with Gasteiger partial charge in [0.25, 0.3) is 0 Å². The fraction of sp³-hybridized carbons (Fsp3) is 0.625. The minimum absolute atomic E-state index is 0.182. The fourth-order valence-corrected chi connectivity index (χ4v) is 3.52. The van der Waals surface area contributed by atoms with E-state index >= 15 is 0 Å². The summed E-state index contributed by atoms with van der Waals surface area (Å²) in [5, 5.41) is 0. The lowest BCUT2D eigenvalue weighted by Crippen LogP contribution is -2.34. The lowest BCUT2D eigenvalue weighted by atomic mass is 9.86. The predicted octanol–water partition coefficient (Wildman–Crippen LogP) is 4.36. The molecule has 0 spiro atoms. The van der Waals surface area contributed by atoms with Gasteiger partial charge in [0.2, 0.25) is 0 Å². The third-order valence-corrected chi connectivity index (χ3v) is 5.17. The molecule has 2 fully saturated rings. The van der Waals surface area contributed by atoms with Crippen LogP contribution in [0, 0.1) is 5.92 Å². The van der Waals surface area contributed by atoms with E-state index in [9.17, 15) is 0 Å². The maximum Gasteiger partial charge on any atom is 0.124 e. The Morgan fingerprint density at radius 3 is 2.58 bits per heavy atom. The Morgan fingerprint density at radius 2 is 1.95 bits per heavy atom. The van der Waals surface area contributed by atoms with Crippen LogP contribution in [0.4, 0.5) is 0 Å². The van der Waals surface area contributed by atoms with Crippen LogP contribution >= 0.6 is 15.9 Å². The number of ether oxygens (including phenoxy) is 1. The Balaban J connectivity index is 1.81. The quantitative estimate of drug-likeness (QED) is 0.893. The highest BCUT2D eigenvalue weighted by atomic mass is 79.9. The van der Waals surface area contributed by atoms with Gasteiger partial charge in [-0.1, -0.05) is 35.2 Å². The van der Waals surface area contributed by atoms with Gasteiger partial charge in [-0.3, -0.25) is 0 Å². The number of nitrogens with two attached hydrogens (primary N) is 1. The van der Waals surface area contributed by atoms with Gasteiger partial charge in [-0.2, -0.15) is 0 Å². The molecule has 3 heteroatoms. The fourth-order valence-electron chi connectivity index (χ4n) is 3.16. The number of hydrogen-bond donors (Lipinski definition) is 1. The van der Waals surface area contributed by atoms with E-state index in [1.807, 2.05) is 0 Å². The molecule has 0 radical (unpaired) electrons. The lowest BCUT2D eigenvalue weighted by molar-refractivity contribution is 0.177. The Bertz CT molecular complexity index is 450. The van der Waals surface area contributed by atoms with E-state index in [1.165, 1.54) is 37.7 Å². The molecule has 2 aliphatic carbocycles. The van der Waals surface area contributed by atoms with Gasteiger partial charge in [-0.05, 0) is 49.8 Å². The molecule has 0 aliphatic heterocycles. The Kier molecular flexibility index (Phi) is 3.86. The average molecular weight is 324 g/mol. The van der Waals surface area contributed by atoms with Gasteiger partial charge in [-0.25, -0.2) is 0 Å². The minimum Gasteiger partial charge on any atom is -0.493 e. The first-order chi connectivity index (χ1) is 9.17. The first-order valence-corrected chi connectivity index (χ1v) is 8.18. The smallest absolute Gasteiger partial charge is 0.124 e. The Hall–Kier alpha value is -0.540. The van der Waals surface area contributed by atoms with Crippen molar-refractivity contribution in [1.82, 2.24) is 0 Å². The van der Waals surface area contributed by atoms with Gasteiger partial charge >= 0.3 is 0 Å². The summed E-state index contributed by atoms with van der Waals surface area (Å²) in [6.45, 7) is 0.852. The predicted molar refractivity (Wildman–Crippen MR) is 81.3 cm³/mol. The molecule has 0 unspecified atom stereocenters. The molecule has 0 atom stereocenters. The van der Waals surface area contributed by atoms with Crippen molar-refractivity contribution in [3.05, 3.63) is 28.2 Å². The maximum absolute atomic E-state index is 6.60. The molecule has 2 saturated carbocycles. The molecule has 0 saturated heterocycles. The molecule has 1 aromatic rings. The van der Waals surface area contributed by atoms with Gasteiger partial charge in [0, 0.05) is 15.6 Å². The van der Waals surface area contributed by atoms with Crippen molar-refractivity contribution >= 4 is 15.9 Å². The summed E-state index contributed by atoms with van der Waals surface area (Å²) in [6, 6.07) is 6.28. The van der Waals surface area contributed by atoms with Gasteiger partial charge < -0.3 is 10.5 Å². The zero-order valence-electron chi connectivity index (χ0n) is 11.3. The summed E-state index contributed by atoms with van der Waals surface area (Å²) < 4.78 is 7.17. The molecule has 0 bridgehead atoms. The largest absolute Gasteiger partial charge is 0.493 e. The monoisotopic (exact) mass is 323 g/mol. The molecule has 2 aliphatic rings. The van der Waals surface area contributed by atoms with Crippen LogP contribution in [0.2, 0.25) is 0 Å². The van der Waals surface area contributed by atoms with Crippen molar-refractivity contribution in [2.75, 3.05) is 6.61 Å². The average Bonchev–Trinajstić information content (AvgIpc) is 2.77. The third-order valence-electron chi connectivity index (χ3n) is 4.67. The topological polar surface area (TPSA) is 35.2 Å². The Morgan fingerprint density at radius 1 is 1.21 bits per heavy atom. The number of rotatable bonds is 4. The molecular formula is C16H22BrNO. The van der Waals surface area contributed by atoms with Crippen LogP contribution < -0.4 is 10.5 Å². The van der Waals surface area contributed by atoms with Crippen LogP contribution in [0.15, 0.2) is 22.7 Å². The second kappa shape index (κ2) is 5.45. The van der Waals surface area contributed by atoms with Crippen molar-refractivity contribution in [2.24, 2.45) is 11.7 Å². The molecule has 0 aromatic heterocycles. The van der Waals surface area contributed by atoms with E-state index in [0.717, 1.165) is 35.6 Å². The molecule has 2 N–H and O–H groups in total. The van der Waals surface area contributed by atoms with E-state index in [1.54, 1.807) is 0 Å².